The van der Waals surface area contributed by atoms with E-state index in [2.05, 4.69) is 20.8 Å². The van der Waals surface area contributed by atoms with Gasteiger partial charge in [0.05, 0.1) is 0 Å². The molecule has 0 radical (unpaired) electrons. The van der Waals surface area contributed by atoms with E-state index in [0.717, 1.165) is 24.0 Å². The van der Waals surface area contributed by atoms with E-state index in [1.165, 1.54) is 0 Å². The molecule has 1 saturated carbocycles. The molecule has 1 aromatic carbocycles. The topological polar surface area (TPSA) is 26.0 Å². The highest BCUT2D eigenvalue weighted by Gasteiger charge is 2.28. The second kappa shape index (κ2) is 3.85. The Labute approximate surface area is 96.9 Å². The zero-order valence-corrected chi connectivity index (χ0v) is 10.3. The third kappa shape index (κ3) is 2.27. The van der Waals surface area contributed by atoms with Crippen molar-refractivity contribution < 1.29 is 4.39 Å². The first-order chi connectivity index (χ1) is 7.39. The van der Waals surface area contributed by atoms with Gasteiger partial charge < -0.3 is 5.73 Å². The Bertz CT molecular complexity index is 388. The fraction of sp³-hybridized carbons (Fsp3) is 0.571. The summed E-state index contributed by atoms with van der Waals surface area (Å²) in [4.78, 5) is 0. The van der Waals surface area contributed by atoms with Gasteiger partial charge in [0.1, 0.15) is 5.82 Å². The third-order valence-electron chi connectivity index (χ3n) is 3.33. The van der Waals surface area contributed by atoms with Crippen molar-refractivity contribution in [2.45, 2.75) is 45.6 Å². The molecule has 1 nitrogen and oxygen atoms in total. The molecular weight excluding hydrogens is 201 g/mol. The van der Waals surface area contributed by atoms with Gasteiger partial charge in [0.2, 0.25) is 0 Å². The van der Waals surface area contributed by atoms with Gasteiger partial charge in [-0.15, -0.1) is 0 Å². The Morgan fingerprint density at radius 3 is 2.38 bits per heavy atom. The number of hydrogen-bond acceptors (Lipinski definition) is 1. The number of rotatable bonds is 2. The van der Waals surface area contributed by atoms with Gasteiger partial charge in [-0.05, 0) is 41.4 Å². The van der Waals surface area contributed by atoms with Crippen molar-refractivity contribution in [3.63, 3.8) is 0 Å². The summed E-state index contributed by atoms with van der Waals surface area (Å²) in [7, 11) is 0. The lowest BCUT2D eigenvalue weighted by atomic mass is 9.83. The number of hydrogen-bond donors (Lipinski definition) is 1. The highest BCUT2D eigenvalue weighted by atomic mass is 19.1. The Kier molecular flexibility index (Phi) is 2.79. The molecule has 0 aliphatic heterocycles. The molecule has 0 heterocycles. The van der Waals surface area contributed by atoms with Crippen molar-refractivity contribution in [3.8, 4) is 0 Å². The second-order valence-electron chi connectivity index (χ2n) is 5.90. The monoisotopic (exact) mass is 221 g/mol. The first kappa shape index (κ1) is 11.6. The zero-order chi connectivity index (χ0) is 11.9. The molecular formula is C14H20FN. The van der Waals surface area contributed by atoms with E-state index >= 15 is 0 Å². The lowest BCUT2D eigenvalue weighted by Crippen LogP contribution is -2.26. The van der Waals surface area contributed by atoms with Gasteiger partial charge in [0.25, 0.3) is 0 Å². The van der Waals surface area contributed by atoms with E-state index in [-0.39, 0.29) is 17.3 Å². The number of nitrogens with two attached hydrogens (primary N) is 1. The van der Waals surface area contributed by atoms with Gasteiger partial charge in [-0.3, -0.25) is 0 Å². The minimum atomic E-state index is -0.116. The van der Waals surface area contributed by atoms with Crippen LogP contribution in [0.15, 0.2) is 18.2 Å². The normalized spacial score (nSPS) is 18.6. The third-order valence-corrected chi connectivity index (χ3v) is 3.33. The Balaban J connectivity index is 2.26. The predicted octanol–water partition coefficient (Wildman–Crippen LogP) is 3.75. The maximum Gasteiger partial charge on any atom is 0.127 e. The molecule has 2 rings (SSSR count). The summed E-state index contributed by atoms with van der Waals surface area (Å²) in [5, 5.41) is 0. The molecule has 1 aliphatic carbocycles. The van der Waals surface area contributed by atoms with Crippen molar-refractivity contribution in [1.82, 2.24) is 0 Å². The molecule has 1 atom stereocenters. The van der Waals surface area contributed by atoms with E-state index in [1.54, 1.807) is 6.07 Å². The van der Waals surface area contributed by atoms with Crippen LogP contribution in [0, 0.1) is 11.2 Å². The maximum absolute atomic E-state index is 13.8. The smallest absolute Gasteiger partial charge is 0.127 e. The van der Waals surface area contributed by atoms with E-state index in [0.29, 0.717) is 5.92 Å². The van der Waals surface area contributed by atoms with Gasteiger partial charge >= 0.3 is 0 Å². The van der Waals surface area contributed by atoms with E-state index in [9.17, 15) is 4.39 Å². The van der Waals surface area contributed by atoms with E-state index < -0.39 is 0 Å². The van der Waals surface area contributed by atoms with Crippen LogP contribution in [0.5, 0.6) is 0 Å². The molecule has 1 aromatic rings. The van der Waals surface area contributed by atoms with Crippen LogP contribution in [0.3, 0.4) is 0 Å². The summed E-state index contributed by atoms with van der Waals surface area (Å²) in [5.74, 6) is 0.375. The Morgan fingerprint density at radius 1 is 1.31 bits per heavy atom. The Morgan fingerprint density at radius 2 is 1.94 bits per heavy atom. The van der Waals surface area contributed by atoms with Crippen LogP contribution < -0.4 is 5.73 Å². The van der Waals surface area contributed by atoms with Gasteiger partial charge in [0.15, 0.2) is 0 Å². The average Bonchev–Trinajstić information content (AvgIpc) is 2.98. The highest BCUT2D eigenvalue weighted by Crippen LogP contribution is 2.42. The molecule has 2 N–H and O–H groups in total. The first-order valence-corrected chi connectivity index (χ1v) is 5.94. The molecule has 16 heavy (non-hydrogen) atoms. The van der Waals surface area contributed by atoms with Crippen LogP contribution in [0.1, 0.15) is 56.7 Å². The van der Waals surface area contributed by atoms with Crippen LogP contribution in [0.4, 0.5) is 4.39 Å². The highest BCUT2D eigenvalue weighted by molar-refractivity contribution is 5.31. The van der Waals surface area contributed by atoms with E-state index in [1.807, 2.05) is 12.1 Å². The largest absolute Gasteiger partial charge is 0.324 e. The first-order valence-electron chi connectivity index (χ1n) is 5.94. The minimum absolute atomic E-state index is 0.0342. The molecule has 2 heteroatoms. The minimum Gasteiger partial charge on any atom is -0.324 e. The van der Waals surface area contributed by atoms with Gasteiger partial charge in [-0.1, -0.05) is 32.9 Å². The summed E-state index contributed by atoms with van der Waals surface area (Å²) in [6, 6.07) is 5.39. The summed E-state index contributed by atoms with van der Waals surface area (Å²) in [6.07, 6.45) is 2.25. The fourth-order valence-corrected chi connectivity index (χ4v) is 1.96. The lowest BCUT2D eigenvalue weighted by Gasteiger charge is -2.27. The van der Waals surface area contributed by atoms with Crippen LogP contribution in [-0.4, -0.2) is 0 Å². The van der Waals surface area contributed by atoms with Crippen LogP contribution >= 0.6 is 0 Å². The number of halogens is 1. The summed E-state index contributed by atoms with van der Waals surface area (Å²) in [6.45, 7) is 6.22. The zero-order valence-electron chi connectivity index (χ0n) is 10.3. The van der Waals surface area contributed by atoms with Crippen molar-refractivity contribution in [2.24, 2.45) is 11.1 Å². The molecule has 0 bridgehead atoms. The molecule has 88 valence electrons. The van der Waals surface area contributed by atoms with Crippen LogP contribution in [-0.2, 0) is 0 Å². The van der Waals surface area contributed by atoms with Crippen LogP contribution in [0.25, 0.3) is 0 Å². The van der Waals surface area contributed by atoms with Crippen LogP contribution in [0.2, 0.25) is 0 Å². The lowest BCUT2D eigenvalue weighted by molar-refractivity contribution is 0.326. The van der Waals surface area contributed by atoms with E-state index in [4.69, 9.17) is 5.73 Å². The molecule has 0 unspecified atom stereocenters. The predicted molar refractivity (Wildman–Crippen MR) is 64.8 cm³/mol. The second-order valence-corrected chi connectivity index (χ2v) is 5.90. The fourth-order valence-electron chi connectivity index (χ4n) is 1.96. The number of benzene rings is 1. The molecule has 0 spiro atoms. The van der Waals surface area contributed by atoms with Gasteiger partial charge in [0, 0.05) is 6.04 Å². The quantitative estimate of drug-likeness (QED) is 0.808. The maximum atomic E-state index is 13.8. The van der Waals surface area contributed by atoms with Gasteiger partial charge in [-0.25, -0.2) is 4.39 Å². The summed E-state index contributed by atoms with van der Waals surface area (Å²) < 4.78 is 13.8. The van der Waals surface area contributed by atoms with Gasteiger partial charge in [-0.2, -0.15) is 0 Å². The molecule has 0 saturated heterocycles. The molecule has 0 amide bonds. The van der Waals surface area contributed by atoms with Crippen molar-refractivity contribution in [3.05, 3.63) is 35.1 Å². The molecule has 1 aliphatic rings. The average molecular weight is 221 g/mol. The molecule has 0 aromatic heterocycles. The molecule has 1 fully saturated rings. The standard InChI is InChI=1S/C14H20FN/c1-14(2,3)13(16)10-6-7-11(9-4-5-9)12(15)8-10/h6-9,13H,4-5,16H2,1-3H3/t13-/m0/s1. The SMILES string of the molecule is CC(C)(C)[C@@H](N)c1ccc(C2CC2)c(F)c1. The Hall–Kier alpha value is -0.890. The summed E-state index contributed by atoms with van der Waals surface area (Å²) in [5.41, 5.74) is 7.85. The summed E-state index contributed by atoms with van der Waals surface area (Å²) >= 11 is 0. The van der Waals surface area contributed by atoms with Crippen molar-refractivity contribution in [2.75, 3.05) is 0 Å². The van der Waals surface area contributed by atoms with Crippen molar-refractivity contribution in [1.29, 1.82) is 0 Å². The van der Waals surface area contributed by atoms with Crippen molar-refractivity contribution >= 4 is 0 Å².